The molecule has 1 aliphatic rings. The van der Waals surface area contributed by atoms with E-state index in [0.717, 1.165) is 30.8 Å². The summed E-state index contributed by atoms with van der Waals surface area (Å²) in [5.41, 5.74) is 1.10. The van der Waals surface area contributed by atoms with E-state index >= 15 is 0 Å². The molecule has 0 unspecified atom stereocenters. The predicted molar refractivity (Wildman–Crippen MR) is 91.7 cm³/mol. The molecule has 1 N–H and O–H groups in total. The first kappa shape index (κ1) is 17.0. The van der Waals surface area contributed by atoms with Crippen molar-refractivity contribution in [3.8, 4) is 0 Å². The molecule has 0 bridgehead atoms. The first-order valence-electron chi connectivity index (χ1n) is 7.69. The third-order valence-electron chi connectivity index (χ3n) is 3.92. The molecule has 1 saturated heterocycles. The number of hydrogen-bond acceptors (Lipinski definition) is 6. The lowest BCUT2D eigenvalue weighted by molar-refractivity contribution is 0.103. The molecule has 1 aromatic carbocycles. The van der Waals surface area contributed by atoms with Crippen molar-refractivity contribution in [2.75, 3.05) is 18.4 Å². The Kier molecular flexibility index (Phi) is 4.93. The van der Waals surface area contributed by atoms with Gasteiger partial charge >= 0.3 is 0 Å². The highest BCUT2D eigenvalue weighted by atomic mass is 32.2. The number of nitrogens with one attached hydrogen (secondary N) is 1. The van der Waals surface area contributed by atoms with Gasteiger partial charge in [-0.15, -0.1) is 5.10 Å². The van der Waals surface area contributed by atoms with Gasteiger partial charge in [0.1, 0.15) is 4.88 Å². The smallest absolute Gasteiger partial charge is 0.269 e. The molecular weight excluding hydrogens is 348 g/mol. The number of nitrogens with zero attached hydrogens (tertiary/aromatic N) is 3. The van der Waals surface area contributed by atoms with Gasteiger partial charge in [-0.2, -0.15) is 4.31 Å². The van der Waals surface area contributed by atoms with Crippen molar-refractivity contribution >= 4 is 33.2 Å². The summed E-state index contributed by atoms with van der Waals surface area (Å²) in [7, 11) is -3.45. The number of aryl methyl sites for hydroxylation is 1. The van der Waals surface area contributed by atoms with Crippen molar-refractivity contribution in [1.82, 2.24) is 13.9 Å². The van der Waals surface area contributed by atoms with Crippen LogP contribution in [0.2, 0.25) is 0 Å². The summed E-state index contributed by atoms with van der Waals surface area (Å²) in [5.74, 6) is -0.297. The van der Waals surface area contributed by atoms with Gasteiger partial charge in [-0.25, -0.2) is 8.42 Å². The monoisotopic (exact) mass is 366 g/mol. The van der Waals surface area contributed by atoms with Crippen molar-refractivity contribution in [1.29, 1.82) is 0 Å². The van der Waals surface area contributed by atoms with E-state index in [1.165, 1.54) is 16.4 Å². The van der Waals surface area contributed by atoms with Crippen molar-refractivity contribution in [3.05, 3.63) is 34.8 Å². The van der Waals surface area contributed by atoms with Gasteiger partial charge < -0.3 is 5.32 Å². The number of piperidine rings is 1. The Morgan fingerprint density at radius 1 is 1.17 bits per heavy atom. The quantitative estimate of drug-likeness (QED) is 0.896. The number of sulfonamides is 1. The van der Waals surface area contributed by atoms with E-state index in [-0.39, 0.29) is 10.8 Å². The Labute approximate surface area is 144 Å². The summed E-state index contributed by atoms with van der Waals surface area (Å²) >= 11 is 1.03. The van der Waals surface area contributed by atoms with E-state index in [1.807, 2.05) is 0 Å². The fourth-order valence-electron chi connectivity index (χ4n) is 2.59. The van der Waals surface area contributed by atoms with Gasteiger partial charge in [-0.05, 0) is 55.6 Å². The van der Waals surface area contributed by atoms with Crippen molar-refractivity contribution in [3.63, 3.8) is 0 Å². The molecule has 0 spiro atoms. The summed E-state index contributed by atoms with van der Waals surface area (Å²) < 4.78 is 30.4. The van der Waals surface area contributed by atoms with Gasteiger partial charge in [0.05, 0.1) is 10.6 Å². The Morgan fingerprint density at radius 3 is 2.42 bits per heavy atom. The molecule has 2 aromatic rings. The number of carbonyl (C=O) groups is 1. The number of rotatable bonds is 4. The van der Waals surface area contributed by atoms with Crippen LogP contribution >= 0.6 is 11.5 Å². The highest BCUT2D eigenvalue weighted by Gasteiger charge is 2.25. The van der Waals surface area contributed by atoms with Gasteiger partial charge in [0.2, 0.25) is 10.0 Å². The maximum absolute atomic E-state index is 12.6. The molecule has 2 heterocycles. The molecule has 24 heavy (non-hydrogen) atoms. The number of hydrogen-bond donors (Lipinski definition) is 1. The van der Waals surface area contributed by atoms with Crippen molar-refractivity contribution < 1.29 is 13.2 Å². The van der Waals surface area contributed by atoms with Crippen LogP contribution < -0.4 is 5.32 Å². The van der Waals surface area contributed by atoms with Crippen LogP contribution in [0.25, 0.3) is 0 Å². The van der Waals surface area contributed by atoms with E-state index in [0.29, 0.717) is 29.3 Å². The van der Waals surface area contributed by atoms with Gasteiger partial charge in [-0.3, -0.25) is 4.79 Å². The van der Waals surface area contributed by atoms with E-state index in [9.17, 15) is 13.2 Å². The first-order valence-corrected chi connectivity index (χ1v) is 9.90. The van der Waals surface area contributed by atoms with Crippen LogP contribution in [0.4, 0.5) is 5.69 Å². The number of amides is 1. The molecule has 9 heteroatoms. The fraction of sp³-hybridized carbons (Fsp3) is 0.400. The molecular formula is C15H18N4O3S2. The molecule has 7 nitrogen and oxygen atoms in total. The second-order valence-electron chi connectivity index (χ2n) is 5.63. The topological polar surface area (TPSA) is 92.3 Å². The zero-order valence-corrected chi connectivity index (χ0v) is 14.9. The van der Waals surface area contributed by atoms with Crippen LogP contribution in [0.1, 0.15) is 34.6 Å². The summed E-state index contributed by atoms with van der Waals surface area (Å²) in [4.78, 5) is 12.8. The van der Waals surface area contributed by atoms with Gasteiger partial charge in [0.15, 0.2) is 0 Å². The summed E-state index contributed by atoms with van der Waals surface area (Å²) in [6.07, 6.45) is 2.87. The minimum absolute atomic E-state index is 0.248. The second kappa shape index (κ2) is 6.96. The third kappa shape index (κ3) is 3.47. The van der Waals surface area contributed by atoms with Gasteiger partial charge in [0, 0.05) is 18.8 Å². The Balaban J connectivity index is 1.73. The normalized spacial score (nSPS) is 16.0. The summed E-state index contributed by atoms with van der Waals surface area (Å²) in [6, 6.07) is 6.24. The minimum atomic E-state index is -3.45. The maximum Gasteiger partial charge on any atom is 0.269 e. The van der Waals surface area contributed by atoms with Crippen molar-refractivity contribution in [2.24, 2.45) is 0 Å². The molecule has 1 aliphatic heterocycles. The maximum atomic E-state index is 12.6. The van der Waals surface area contributed by atoms with Crippen LogP contribution in [0, 0.1) is 6.92 Å². The molecule has 0 atom stereocenters. The zero-order chi connectivity index (χ0) is 17.2. The lowest BCUT2D eigenvalue weighted by atomic mass is 10.2. The van der Waals surface area contributed by atoms with Crippen LogP contribution in [-0.4, -0.2) is 41.3 Å². The predicted octanol–water partition coefficient (Wildman–Crippen LogP) is 2.27. The standard InChI is InChI=1S/C15H18N4O3S2/c1-11-14(23-18-17-11)15(20)16-12-5-7-13(8-6-12)24(21,22)19-9-3-2-4-10-19/h5-8H,2-4,9-10H2,1H3,(H,16,20). The Bertz CT molecular complexity index is 825. The van der Waals surface area contributed by atoms with Crippen molar-refractivity contribution in [2.45, 2.75) is 31.1 Å². The van der Waals surface area contributed by atoms with Gasteiger partial charge in [-0.1, -0.05) is 10.9 Å². The largest absolute Gasteiger partial charge is 0.321 e. The molecule has 1 aromatic heterocycles. The Morgan fingerprint density at radius 2 is 1.83 bits per heavy atom. The average molecular weight is 366 g/mol. The number of benzene rings is 1. The van der Waals surface area contributed by atoms with E-state index < -0.39 is 10.0 Å². The SMILES string of the molecule is Cc1nnsc1C(=O)Nc1ccc(S(=O)(=O)N2CCCCC2)cc1. The molecule has 3 rings (SSSR count). The molecule has 1 amide bonds. The number of aromatic nitrogens is 2. The lowest BCUT2D eigenvalue weighted by Gasteiger charge is -2.25. The summed E-state index contributed by atoms with van der Waals surface area (Å²) in [5, 5.41) is 6.53. The fourth-order valence-corrected chi connectivity index (χ4v) is 4.66. The zero-order valence-electron chi connectivity index (χ0n) is 13.2. The van der Waals surface area contributed by atoms with Crippen LogP contribution in [0.3, 0.4) is 0 Å². The number of anilines is 1. The molecule has 0 aliphatic carbocycles. The van der Waals surface area contributed by atoms with Crippen LogP contribution in [-0.2, 0) is 10.0 Å². The number of carbonyl (C=O) groups excluding carboxylic acids is 1. The summed E-state index contributed by atoms with van der Waals surface area (Å²) in [6.45, 7) is 2.85. The van der Waals surface area contributed by atoms with E-state index in [1.54, 1.807) is 19.1 Å². The highest BCUT2D eigenvalue weighted by Crippen LogP contribution is 2.22. The average Bonchev–Trinajstić information content (AvgIpc) is 3.02. The highest BCUT2D eigenvalue weighted by molar-refractivity contribution is 7.89. The third-order valence-corrected chi connectivity index (χ3v) is 6.66. The molecule has 0 radical (unpaired) electrons. The molecule has 0 saturated carbocycles. The van der Waals surface area contributed by atoms with E-state index in [4.69, 9.17) is 0 Å². The van der Waals surface area contributed by atoms with Crippen LogP contribution in [0.5, 0.6) is 0 Å². The molecule has 1 fully saturated rings. The lowest BCUT2D eigenvalue weighted by Crippen LogP contribution is -2.35. The first-order chi connectivity index (χ1) is 11.5. The van der Waals surface area contributed by atoms with E-state index in [2.05, 4.69) is 14.9 Å². The second-order valence-corrected chi connectivity index (χ2v) is 8.32. The van der Waals surface area contributed by atoms with Gasteiger partial charge in [0.25, 0.3) is 5.91 Å². The molecule has 128 valence electrons. The Hall–Kier alpha value is -1.84. The minimum Gasteiger partial charge on any atom is -0.321 e. The van der Waals surface area contributed by atoms with Crippen LogP contribution in [0.15, 0.2) is 29.2 Å².